The summed E-state index contributed by atoms with van der Waals surface area (Å²) in [7, 11) is 0. The summed E-state index contributed by atoms with van der Waals surface area (Å²) in [5.41, 5.74) is 4.22. The van der Waals surface area contributed by atoms with Crippen molar-refractivity contribution in [3.63, 3.8) is 0 Å². The highest BCUT2D eigenvalue weighted by molar-refractivity contribution is 5.84. The van der Waals surface area contributed by atoms with E-state index >= 15 is 0 Å². The maximum atomic E-state index is 12.8. The Morgan fingerprint density at radius 1 is 1.12 bits per heavy atom. The lowest BCUT2D eigenvalue weighted by Crippen LogP contribution is -2.34. The summed E-state index contributed by atoms with van der Waals surface area (Å²) < 4.78 is 1.98. The van der Waals surface area contributed by atoms with Crippen molar-refractivity contribution in [2.24, 2.45) is 5.92 Å². The quantitative estimate of drug-likeness (QED) is 0.775. The van der Waals surface area contributed by atoms with Gasteiger partial charge in [0.1, 0.15) is 6.04 Å². The molecule has 4 heteroatoms. The highest BCUT2D eigenvalue weighted by Gasteiger charge is 2.25. The summed E-state index contributed by atoms with van der Waals surface area (Å²) in [5.74, 6) is 0.189. The molecule has 0 aliphatic rings. The zero-order valence-electron chi connectivity index (χ0n) is 14.4. The molecule has 3 aromatic rings. The number of hydrogen-bond acceptors (Lipinski definition) is 2. The smallest absolute Gasteiger partial charge is 0.243 e. The number of nitrogens with zero attached hydrogens (tertiary/aromatic N) is 2. The van der Waals surface area contributed by atoms with Crippen LogP contribution in [0.1, 0.15) is 31.0 Å². The number of carbonyl (C=O) groups excluding carboxylic acids is 1. The van der Waals surface area contributed by atoms with Crippen molar-refractivity contribution in [1.29, 1.82) is 0 Å². The third kappa shape index (κ3) is 3.32. The number of carbonyl (C=O) groups is 1. The molecule has 0 saturated carbocycles. The number of imidazole rings is 1. The lowest BCUT2D eigenvalue weighted by atomic mass is 10.0. The molecule has 24 heavy (non-hydrogen) atoms. The second-order valence-electron chi connectivity index (χ2n) is 6.53. The summed E-state index contributed by atoms with van der Waals surface area (Å²) in [5, 5.41) is 3.07. The van der Waals surface area contributed by atoms with E-state index in [0.717, 1.165) is 16.6 Å². The molecular weight excluding hydrogens is 298 g/mol. The summed E-state index contributed by atoms with van der Waals surface area (Å²) >= 11 is 0. The molecule has 1 atom stereocenters. The summed E-state index contributed by atoms with van der Waals surface area (Å²) in [6.45, 7) is 6.71. The topological polar surface area (TPSA) is 46.9 Å². The van der Waals surface area contributed by atoms with E-state index in [1.165, 1.54) is 5.56 Å². The van der Waals surface area contributed by atoms with Crippen molar-refractivity contribution >= 4 is 16.9 Å². The van der Waals surface area contributed by atoms with Crippen LogP contribution in [0.15, 0.2) is 54.9 Å². The number of amides is 1. The maximum Gasteiger partial charge on any atom is 0.243 e. The minimum absolute atomic E-state index is 0.0220. The Labute approximate surface area is 142 Å². The maximum absolute atomic E-state index is 12.8. The molecule has 4 nitrogen and oxygen atoms in total. The average molecular weight is 321 g/mol. The first-order chi connectivity index (χ1) is 11.6. The lowest BCUT2D eigenvalue weighted by molar-refractivity contribution is -0.125. The van der Waals surface area contributed by atoms with Crippen molar-refractivity contribution in [3.8, 4) is 0 Å². The molecule has 0 saturated heterocycles. The molecule has 124 valence electrons. The van der Waals surface area contributed by atoms with Gasteiger partial charge < -0.3 is 9.88 Å². The Kier molecular flexibility index (Phi) is 4.65. The van der Waals surface area contributed by atoms with E-state index in [4.69, 9.17) is 0 Å². The van der Waals surface area contributed by atoms with Gasteiger partial charge >= 0.3 is 0 Å². The first kappa shape index (κ1) is 16.2. The molecule has 1 N–H and O–H groups in total. The zero-order valence-corrected chi connectivity index (χ0v) is 14.4. The Morgan fingerprint density at radius 3 is 2.54 bits per heavy atom. The van der Waals surface area contributed by atoms with Crippen LogP contribution in [0.2, 0.25) is 0 Å². The van der Waals surface area contributed by atoms with Gasteiger partial charge in [-0.3, -0.25) is 4.79 Å². The molecule has 1 heterocycles. The van der Waals surface area contributed by atoms with Gasteiger partial charge in [-0.25, -0.2) is 4.98 Å². The van der Waals surface area contributed by atoms with Crippen LogP contribution in [-0.2, 0) is 11.3 Å². The van der Waals surface area contributed by atoms with Gasteiger partial charge in [-0.05, 0) is 30.5 Å². The summed E-state index contributed by atoms with van der Waals surface area (Å²) in [6, 6.07) is 15.8. The van der Waals surface area contributed by atoms with Crippen LogP contribution in [-0.4, -0.2) is 15.5 Å². The van der Waals surface area contributed by atoms with E-state index < -0.39 is 0 Å². The highest BCUT2D eigenvalue weighted by Crippen LogP contribution is 2.23. The van der Waals surface area contributed by atoms with Gasteiger partial charge in [-0.15, -0.1) is 0 Å². The summed E-state index contributed by atoms with van der Waals surface area (Å²) in [6.07, 6.45) is 1.76. The van der Waals surface area contributed by atoms with Crippen molar-refractivity contribution in [1.82, 2.24) is 14.9 Å². The first-order valence-corrected chi connectivity index (χ1v) is 8.31. The van der Waals surface area contributed by atoms with E-state index in [0.29, 0.717) is 6.54 Å². The Hall–Kier alpha value is -2.62. The van der Waals surface area contributed by atoms with Gasteiger partial charge in [0.15, 0.2) is 0 Å². The van der Waals surface area contributed by atoms with Crippen molar-refractivity contribution in [2.45, 2.75) is 33.4 Å². The number of para-hydroxylation sites is 2. The van der Waals surface area contributed by atoms with Crippen LogP contribution >= 0.6 is 0 Å². The molecule has 1 unspecified atom stereocenters. The Balaban J connectivity index is 1.80. The number of hydrogen-bond donors (Lipinski definition) is 1. The fourth-order valence-corrected chi connectivity index (χ4v) is 2.95. The normalized spacial score (nSPS) is 12.5. The first-order valence-electron chi connectivity index (χ1n) is 8.31. The number of aryl methyl sites for hydroxylation is 1. The van der Waals surface area contributed by atoms with Gasteiger partial charge in [-0.1, -0.05) is 55.8 Å². The number of benzene rings is 2. The summed E-state index contributed by atoms with van der Waals surface area (Å²) in [4.78, 5) is 17.2. The fraction of sp³-hybridized carbons (Fsp3) is 0.300. The van der Waals surface area contributed by atoms with Crippen molar-refractivity contribution in [2.75, 3.05) is 0 Å². The van der Waals surface area contributed by atoms with E-state index in [9.17, 15) is 4.79 Å². The van der Waals surface area contributed by atoms with E-state index in [1.54, 1.807) is 6.33 Å². The number of rotatable bonds is 5. The molecule has 0 fully saturated rings. The zero-order chi connectivity index (χ0) is 17.1. The van der Waals surface area contributed by atoms with Crippen LogP contribution < -0.4 is 5.32 Å². The van der Waals surface area contributed by atoms with Crippen molar-refractivity contribution in [3.05, 3.63) is 66.0 Å². The Bertz CT molecular complexity index is 833. The van der Waals surface area contributed by atoms with Crippen molar-refractivity contribution < 1.29 is 4.79 Å². The van der Waals surface area contributed by atoms with Gasteiger partial charge in [-0.2, -0.15) is 0 Å². The number of aromatic nitrogens is 2. The predicted molar refractivity (Wildman–Crippen MR) is 96.6 cm³/mol. The Morgan fingerprint density at radius 2 is 1.83 bits per heavy atom. The van der Waals surface area contributed by atoms with Crippen LogP contribution in [0, 0.1) is 12.8 Å². The number of fused-ring (bicyclic) bond motifs is 1. The van der Waals surface area contributed by atoms with E-state index in [1.807, 2.05) is 41.0 Å². The van der Waals surface area contributed by atoms with Gasteiger partial charge in [0, 0.05) is 6.54 Å². The highest BCUT2D eigenvalue weighted by atomic mass is 16.2. The van der Waals surface area contributed by atoms with Crippen LogP contribution in [0.5, 0.6) is 0 Å². The van der Waals surface area contributed by atoms with Gasteiger partial charge in [0.2, 0.25) is 5.91 Å². The van der Waals surface area contributed by atoms with E-state index in [2.05, 4.69) is 43.2 Å². The molecule has 0 radical (unpaired) electrons. The standard InChI is InChI=1S/C20H23N3O/c1-14(2)19(23-13-22-17-6-4-5-7-18(17)23)20(24)21-12-16-10-8-15(3)9-11-16/h4-11,13-14,19H,12H2,1-3H3,(H,21,24). The van der Waals surface area contributed by atoms with Crippen LogP contribution in [0.3, 0.4) is 0 Å². The van der Waals surface area contributed by atoms with Crippen LogP contribution in [0.25, 0.3) is 11.0 Å². The molecular formula is C20H23N3O. The molecule has 0 spiro atoms. The molecule has 0 aliphatic heterocycles. The largest absolute Gasteiger partial charge is 0.350 e. The molecule has 1 amide bonds. The molecule has 1 aromatic heterocycles. The fourth-order valence-electron chi connectivity index (χ4n) is 2.95. The minimum Gasteiger partial charge on any atom is -0.350 e. The second kappa shape index (κ2) is 6.87. The number of nitrogens with one attached hydrogen (secondary N) is 1. The second-order valence-corrected chi connectivity index (χ2v) is 6.53. The average Bonchev–Trinajstić information content (AvgIpc) is 2.98. The SMILES string of the molecule is Cc1ccc(CNC(=O)C(C(C)C)n2cnc3ccccc32)cc1. The minimum atomic E-state index is -0.275. The van der Waals surface area contributed by atoms with E-state index in [-0.39, 0.29) is 17.9 Å². The monoisotopic (exact) mass is 321 g/mol. The predicted octanol–water partition coefficient (Wildman–Crippen LogP) is 3.86. The molecule has 0 aliphatic carbocycles. The van der Waals surface area contributed by atoms with Gasteiger partial charge in [0.05, 0.1) is 17.4 Å². The van der Waals surface area contributed by atoms with Gasteiger partial charge in [0.25, 0.3) is 0 Å². The third-order valence-electron chi connectivity index (χ3n) is 4.27. The van der Waals surface area contributed by atoms with Crippen LogP contribution in [0.4, 0.5) is 0 Å². The molecule has 2 aromatic carbocycles. The molecule has 3 rings (SSSR count). The molecule has 0 bridgehead atoms. The third-order valence-corrected chi connectivity index (χ3v) is 4.27. The lowest BCUT2D eigenvalue weighted by Gasteiger charge is -2.22.